The van der Waals surface area contributed by atoms with Gasteiger partial charge in [0.1, 0.15) is 5.76 Å². The normalized spacial score (nSPS) is 17.4. The Morgan fingerprint density at radius 1 is 0.853 bits per heavy atom. The van der Waals surface area contributed by atoms with Gasteiger partial charge in [-0.2, -0.15) is 0 Å². The Balaban J connectivity index is 1.84. The van der Waals surface area contributed by atoms with E-state index < -0.39 is 17.7 Å². The monoisotopic (exact) mass is 453 g/mol. The molecule has 0 bridgehead atoms. The second kappa shape index (κ2) is 10.1. The lowest BCUT2D eigenvalue weighted by atomic mass is 9.94. The number of hydrogen-bond donors (Lipinski definition) is 1. The number of ketones is 1. The Bertz CT molecular complexity index is 1210. The van der Waals surface area contributed by atoms with Crippen molar-refractivity contribution in [3.05, 3.63) is 106 Å². The smallest absolute Gasteiger partial charge is 0.300 e. The largest absolute Gasteiger partial charge is 0.507 e. The Kier molecular flexibility index (Phi) is 6.97. The first-order chi connectivity index (χ1) is 16.4. The fourth-order valence-corrected chi connectivity index (χ4v) is 4.42. The van der Waals surface area contributed by atoms with Crippen molar-refractivity contribution < 1.29 is 14.7 Å². The van der Waals surface area contributed by atoms with E-state index in [9.17, 15) is 14.7 Å². The maximum Gasteiger partial charge on any atom is 0.300 e. The second-order valence-corrected chi connectivity index (χ2v) is 8.90. The van der Waals surface area contributed by atoms with E-state index in [0.29, 0.717) is 11.3 Å². The van der Waals surface area contributed by atoms with Crippen LogP contribution >= 0.6 is 0 Å². The Hall–Kier alpha value is -3.66. The molecule has 4 nitrogen and oxygen atoms in total. The molecule has 3 aromatic carbocycles. The molecule has 1 aliphatic rings. The molecule has 1 saturated heterocycles. The maximum atomic E-state index is 13.3. The van der Waals surface area contributed by atoms with Crippen LogP contribution in [0.2, 0.25) is 0 Å². The number of carbonyl (C=O) groups is 2. The van der Waals surface area contributed by atoms with Crippen molar-refractivity contribution in [2.75, 3.05) is 4.90 Å². The minimum Gasteiger partial charge on any atom is -0.507 e. The van der Waals surface area contributed by atoms with Crippen molar-refractivity contribution in [2.45, 2.75) is 52.5 Å². The maximum absolute atomic E-state index is 13.3. The topological polar surface area (TPSA) is 57.6 Å². The molecule has 0 radical (unpaired) electrons. The number of hydrogen-bond acceptors (Lipinski definition) is 3. The molecule has 174 valence electrons. The van der Waals surface area contributed by atoms with Crippen molar-refractivity contribution in [1.29, 1.82) is 0 Å². The van der Waals surface area contributed by atoms with Crippen LogP contribution in [0.15, 0.2) is 78.4 Å². The number of aryl methyl sites for hydroxylation is 3. The van der Waals surface area contributed by atoms with Gasteiger partial charge in [0.05, 0.1) is 11.6 Å². The van der Waals surface area contributed by atoms with Gasteiger partial charge in [0, 0.05) is 11.3 Å². The number of unbranched alkanes of at least 4 members (excludes halogenated alkanes) is 1. The summed E-state index contributed by atoms with van der Waals surface area (Å²) in [5, 5.41) is 11.2. The molecule has 0 spiro atoms. The zero-order valence-corrected chi connectivity index (χ0v) is 20.0. The van der Waals surface area contributed by atoms with Crippen LogP contribution in [0, 0.1) is 6.92 Å². The number of anilines is 1. The lowest BCUT2D eigenvalue weighted by molar-refractivity contribution is -0.132. The van der Waals surface area contributed by atoms with Gasteiger partial charge in [-0.3, -0.25) is 14.5 Å². The molecule has 1 N–H and O–H groups in total. The fourth-order valence-electron chi connectivity index (χ4n) is 4.42. The molecule has 1 heterocycles. The third-order valence-electron chi connectivity index (χ3n) is 6.51. The van der Waals surface area contributed by atoms with Crippen molar-refractivity contribution in [3.63, 3.8) is 0 Å². The second-order valence-electron chi connectivity index (χ2n) is 8.90. The predicted octanol–water partition coefficient (Wildman–Crippen LogP) is 6.53. The number of benzene rings is 3. The van der Waals surface area contributed by atoms with Crippen molar-refractivity contribution >= 4 is 23.1 Å². The summed E-state index contributed by atoms with van der Waals surface area (Å²) in [6, 6.07) is 22.3. The average molecular weight is 454 g/mol. The summed E-state index contributed by atoms with van der Waals surface area (Å²) < 4.78 is 0. The van der Waals surface area contributed by atoms with E-state index in [1.807, 2.05) is 67.6 Å². The summed E-state index contributed by atoms with van der Waals surface area (Å²) in [6.07, 6.45) is 4.08. The van der Waals surface area contributed by atoms with Gasteiger partial charge in [-0.25, -0.2) is 0 Å². The van der Waals surface area contributed by atoms with Crippen molar-refractivity contribution in [3.8, 4) is 0 Å². The fraction of sp³-hybridized carbons (Fsp3) is 0.267. The summed E-state index contributed by atoms with van der Waals surface area (Å²) in [5.41, 5.74) is 5.49. The molecule has 0 saturated carbocycles. The van der Waals surface area contributed by atoms with Gasteiger partial charge in [-0.05, 0) is 55.0 Å². The highest BCUT2D eigenvalue weighted by molar-refractivity contribution is 6.51. The SMILES string of the molecule is CCCCc1ccc(N2C(=O)C(=O)/C(=C(/O)c3ccc(C)cc3)C2c2ccc(CC)cc2)cc1. The van der Waals surface area contributed by atoms with Crippen LogP contribution in [0.1, 0.15) is 60.5 Å². The minimum absolute atomic E-state index is 0.119. The molecule has 0 aromatic heterocycles. The van der Waals surface area contributed by atoms with Gasteiger partial charge in [0.2, 0.25) is 0 Å². The van der Waals surface area contributed by atoms with E-state index in [-0.39, 0.29) is 11.3 Å². The zero-order valence-electron chi connectivity index (χ0n) is 20.0. The summed E-state index contributed by atoms with van der Waals surface area (Å²) in [7, 11) is 0. The highest BCUT2D eigenvalue weighted by Crippen LogP contribution is 2.42. The molecule has 1 amide bonds. The van der Waals surface area contributed by atoms with Crippen LogP contribution in [0.3, 0.4) is 0 Å². The Labute approximate surface area is 201 Å². The van der Waals surface area contributed by atoms with Gasteiger partial charge in [-0.15, -0.1) is 0 Å². The Morgan fingerprint density at radius 3 is 2.06 bits per heavy atom. The predicted molar refractivity (Wildman–Crippen MR) is 137 cm³/mol. The van der Waals surface area contributed by atoms with E-state index in [1.54, 1.807) is 12.1 Å². The first kappa shape index (κ1) is 23.5. The van der Waals surface area contributed by atoms with E-state index in [2.05, 4.69) is 13.8 Å². The van der Waals surface area contributed by atoms with E-state index in [4.69, 9.17) is 0 Å². The quantitative estimate of drug-likeness (QED) is 0.251. The van der Waals surface area contributed by atoms with Gasteiger partial charge < -0.3 is 5.11 Å². The minimum atomic E-state index is -0.700. The van der Waals surface area contributed by atoms with Crippen LogP contribution in [-0.2, 0) is 22.4 Å². The lowest BCUT2D eigenvalue weighted by Crippen LogP contribution is -2.29. The molecular formula is C30H31NO3. The number of nitrogens with zero attached hydrogens (tertiary/aromatic N) is 1. The Morgan fingerprint density at radius 2 is 1.47 bits per heavy atom. The molecule has 34 heavy (non-hydrogen) atoms. The number of rotatable bonds is 7. The zero-order chi connectivity index (χ0) is 24.2. The lowest BCUT2D eigenvalue weighted by Gasteiger charge is -2.26. The van der Waals surface area contributed by atoms with Crippen LogP contribution in [0.4, 0.5) is 5.69 Å². The molecule has 3 aromatic rings. The van der Waals surface area contributed by atoms with E-state index in [0.717, 1.165) is 36.8 Å². The molecule has 4 heteroatoms. The molecule has 1 aliphatic heterocycles. The summed E-state index contributed by atoms with van der Waals surface area (Å²) in [4.78, 5) is 28.1. The molecule has 1 atom stereocenters. The van der Waals surface area contributed by atoms with Crippen LogP contribution < -0.4 is 4.90 Å². The summed E-state index contributed by atoms with van der Waals surface area (Å²) in [5.74, 6) is -1.44. The van der Waals surface area contributed by atoms with Crippen LogP contribution in [0.25, 0.3) is 5.76 Å². The molecule has 1 unspecified atom stereocenters. The van der Waals surface area contributed by atoms with E-state index >= 15 is 0 Å². The van der Waals surface area contributed by atoms with Gasteiger partial charge in [-0.1, -0.05) is 86.5 Å². The van der Waals surface area contributed by atoms with Crippen molar-refractivity contribution in [1.82, 2.24) is 0 Å². The number of carbonyl (C=O) groups excluding carboxylic acids is 2. The number of aliphatic hydroxyl groups is 1. The highest BCUT2D eigenvalue weighted by atomic mass is 16.3. The third kappa shape index (κ3) is 4.54. The molecule has 0 aliphatic carbocycles. The first-order valence-corrected chi connectivity index (χ1v) is 12.0. The van der Waals surface area contributed by atoms with Gasteiger partial charge >= 0.3 is 0 Å². The molecular weight excluding hydrogens is 422 g/mol. The number of aliphatic hydroxyl groups excluding tert-OH is 1. The van der Waals surface area contributed by atoms with Crippen LogP contribution in [-0.4, -0.2) is 16.8 Å². The van der Waals surface area contributed by atoms with Crippen molar-refractivity contribution in [2.24, 2.45) is 0 Å². The number of Topliss-reactive ketones (excluding diaryl/α,β-unsaturated/α-hetero) is 1. The third-order valence-corrected chi connectivity index (χ3v) is 6.51. The van der Waals surface area contributed by atoms with E-state index in [1.165, 1.54) is 16.0 Å². The molecule has 4 rings (SSSR count). The first-order valence-electron chi connectivity index (χ1n) is 12.0. The van der Waals surface area contributed by atoms with Gasteiger partial charge in [0.25, 0.3) is 11.7 Å². The van der Waals surface area contributed by atoms with Gasteiger partial charge in [0.15, 0.2) is 0 Å². The highest BCUT2D eigenvalue weighted by Gasteiger charge is 2.46. The standard InChI is InChI=1S/C30H31NO3/c1-4-6-7-22-12-18-25(19-13-22)31-27(23-16-10-21(5-2)11-17-23)26(29(33)30(31)34)28(32)24-14-8-20(3)9-15-24/h8-19,27,32H,4-7H2,1-3H3/b28-26+. The summed E-state index contributed by atoms with van der Waals surface area (Å²) in [6.45, 7) is 6.20. The van der Waals surface area contributed by atoms with Crippen LogP contribution in [0.5, 0.6) is 0 Å². The number of amides is 1. The molecule has 1 fully saturated rings. The summed E-state index contributed by atoms with van der Waals surface area (Å²) >= 11 is 0. The average Bonchev–Trinajstić information content (AvgIpc) is 3.13.